The summed E-state index contributed by atoms with van der Waals surface area (Å²) in [5.41, 5.74) is 1.75. The quantitative estimate of drug-likeness (QED) is 0.609. The molecular formula is C21H32N4O2. The molecule has 2 amide bonds. The molecule has 0 aromatic rings. The van der Waals surface area contributed by atoms with Crippen LogP contribution in [-0.4, -0.2) is 59.5 Å². The molecule has 27 heavy (non-hydrogen) atoms. The number of rotatable bonds is 4. The third kappa shape index (κ3) is 4.42. The lowest BCUT2D eigenvalue weighted by Gasteiger charge is -2.25. The summed E-state index contributed by atoms with van der Waals surface area (Å²) in [7, 11) is 0. The molecule has 3 heterocycles. The van der Waals surface area contributed by atoms with Crippen LogP contribution in [0.2, 0.25) is 0 Å². The van der Waals surface area contributed by atoms with E-state index in [-0.39, 0.29) is 23.4 Å². The minimum Gasteiger partial charge on any atom is -0.365 e. The van der Waals surface area contributed by atoms with E-state index in [2.05, 4.69) is 30.9 Å². The summed E-state index contributed by atoms with van der Waals surface area (Å²) in [5.74, 6) is 1.08. The van der Waals surface area contributed by atoms with E-state index in [1.54, 1.807) is 0 Å². The molecule has 0 radical (unpaired) electrons. The van der Waals surface area contributed by atoms with Crippen LogP contribution in [0.5, 0.6) is 0 Å². The predicted octanol–water partition coefficient (Wildman–Crippen LogP) is 2.62. The third-order valence-electron chi connectivity index (χ3n) is 5.90. The lowest BCUT2D eigenvalue weighted by Crippen LogP contribution is -2.39. The summed E-state index contributed by atoms with van der Waals surface area (Å²) in [6.45, 7) is 12.1. The molecule has 0 spiro atoms. The van der Waals surface area contributed by atoms with E-state index in [0.29, 0.717) is 13.0 Å². The maximum atomic E-state index is 12.9. The molecule has 0 aromatic carbocycles. The van der Waals surface area contributed by atoms with Gasteiger partial charge in [0.2, 0.25) is 11.8 Å². The summed E-state index contributed by atoms with van der Waals surface area (Å²) in [6, 6.07) is 0.182. The number of amides is 2. The molecule has 6 nitrogen and oxygen atoms in total. The van der Waals surface area contributed by atoms with Gasteiger partial charge < -0.3 is 15.1 Å². The minimum absolute atomic E-state index is 0.0194. The number of allylic oxidation sites excluding steroid dienone is 2. The first-order valence-electron chi connectivity index (χ1n) is 10.1. The Bertz CT molecular complexity index is 692. The Hall–Kier alpha value is -2.11. The molecule has 0 saturated carbocycles. The molecule has 1 atom stereocenters. The van der Waals surface area contributed by atoms with Crippen LogP contribution < -0.4 is 5.32 Å². The van der Waals surface area contributed by atoms with E-state index in [4.69, 9.17) is 0 Å². The van der Waals surface area contributed by atoms with Crippen LogP contribution in [0.25, 0.3) is 0 Å². The molecular weight excluding hydrogens is 340 g/mol. The van der Waals surface area contributed by atoms with Gasteiger partial charge >= 0.3 is 0 Å². The van der Waals surface area contributed by atoms with Crippen LogP contribution in [0.15, 0.2) is 28.0 Å². The molecule has 3 aliphatic heterocycles. The Morgan fingerprint density at radius 1 is 1.30 bits per heavy atom. The van der Waals surface area contributed by atoms with Gasteiger partial charge in [0.1, 0.15) is 5.82 Å². The van der Waals surface area contributed by atoms with Crippen molar-refractivity contribution in [2.45, 2.75) is 70.9 Å². The Balaban J connectivity index is 1.70. The Kier molecular flexibility index (Phi) is 5.72. The fourth-order valence-electron chi connectivity index (χ4n) is 4.39. The van der Waals surface area contributed by atoms with Crippen LogP contribution in [0, 0.1) is 0 Å². The van der Waals surface area contributed by atoms with E-state index >= 15 is 0 Å². The van der Waals surface area contributed by atoms with Gasteiger partial charge in [0.25, 0.3) is 0 Å². The van der Waals surface area contributed by atoms with Crippen LogP contribution in [0.3, 0.4) is 0 Å². The summed E-state index contributed by atoms with van der Waals surface area (Å²) in [5, 5.41) is 3.45. The lowest BCUT2D eigenvalue weighted by molar-refractivity contribution is -0.131. The fraction of sp³-hybridized carbons (Fsp3) is 0.667. The number of nitrogens with zero attached hydrogens (tertiary/aromatic N) is 3. The number of hydrogen-bond donors (Lipinski definition) is 1. The van der Waals surface area contributed by atoms with Gasteiger partial charge in [0, 0.05) is 37.2 Å². The summed E-state index contributed by atoms with van der Waals surface area (Å²) >= 11 is 0. The SMILES string of the molecule is C=NC1=C(/C=C(\C)C(=O)N2CC[C@H](N3CCCC3=O)C2)CCCC(C)(C)N1. The number of nitrogens with one attached hydrogen (secondary N) is 1. The topological polar surface area (TPSA) is 65.0 Å². The normalized spacial score (nSPS) is 26.3. The van der Waals surface area contributed by atoms with Gasteiger partial charge in [-0.15, -0.1) is 0 Å². The van der Waals surface area contributed by atoms with Crippen molar-refractivity contribution in [1.82, 2.24) is 15.1 Å². The highest BCUT2D eigenvalue weighted by molar-refractivity contribution is 5.93. The van der Waals surface area contributed by atoms with Crippen molar-refractivity contribution in [1.29, 1.82) is 0 Å². The summed E-state index contributed by atoms with van der Waals surface area (Å²) in [6.07, 6.45) is 7.43. The molecule has 1 N–H and O–H groups in total. The molecule has 0 unspecified atom stereocenters. The second-order valence-electron chi connectivity index (χ2n) is 8.61. The largest absolute Gasteiger partial charge is 0.365 e. The van der Waals surface area contributed by atoms with E-state index in [1.807, 2.05) is 22.8 Å². The van der Waals surface area contributed by atoms with Gasteiger partial charge in [-0.2, -0.15) is 0 Å². The van der Waals surface area contributed by atoms with Crippen molar-refractivity contribution < 1.29 is 9.59 Å². The van der Waals surface area contributed by atoms with Crippen LogP contribution in [-0.2, 0) is 9.59 Å². The van der Waals surface area contributed by atoms with E-state index in [1.165, 1.54) is 0 Å². The minimum atomic E-state index is -0.0194. The van der Waals surface area contributed by atoms with Crippen molar-refractivity contribution in [3.63, 3.8) is 0 Å². The highest BCUT2D eigenvalue weighted by Crippen LogP contribution is 2.27. The first-order chi connectivity index (χ1) is 12.8. The fourth-order valence-corrected chi connectivity index (χ4v) is 4.39. The third-order valence-corrected chi connectivity index (χ3v) is 5.90. The summed E-state index contributed by atoms with van der Waals surface area (Å²) in [4.78, 5) is 32.9. The van der Waals surface area contributed by atoms with Gasteiger partial charge in [-0.1, -0.05) is 0 Å². The van der Waals surface area contributed by atoms with Gasteiger partial charge in [-0.05, 0) is 71.2 Å². The standard InChI is InChI=1S/C21H32N4O2/c1-15(13-16-7-5-10-21(2,3)23-19(16)22-4)20(27)24-12-9-17(14-24)25-11-6-8-18(25)26/h13,17,23H,4-12,14H2,1-3H3/b15-13+/t17-/m0/s1. The zero-order valence-corrected chi connectivity index (χ0v) is 16.9. The predicted molar refractivity (Wildman–Crippen MR) is 107 cm³/mol. The molecule has 3 aliphatic rings. The molecule has 0 aliphatic carbocycles. The molecule has 0 aromatic heterocycles. The van der Waals surface area contributed by atoms with Gasteiger partial charge in [-0.25, -0.2) is 4.99 Å². The maximum Gasteiger partial charge on any atom is 0.249 e. The lowest BCUT2D eigenvalue weighted by atomic mass is 9.98. The molecule has 2 fully saturated rings. The molecule has 148 valence electrons. The number of carbonyl (C=O) groups is 2. The Labute approximate surface area is 162 Å². The van der Waals surface area contributed by atoms with E-state index < -0.39 is 0 Å². The smallest absolute Gasteiger partial charge is 0.249 e. The molecule has 2 saturated heterocycles. The molecule has 0 bridgehead atoms. The van der Waals surface area contributed by atoms with Crippen molar-refractivity contribution in [2.24, 2.45) is 4.99 Å². The highest BCUT2D eigenvalue weighted by atomic mass is 16.2. The van der Waals surface area contributed by atoms with Gasteiger partial charge in [0.15, 0.2) is 0 Å². The van der Waals surface area contributed by atoms with Crippen molar-refractivity contribution in [3.8, 4) is 0 Å². The average Bonchev–Trinajstić information content (AvgIpc) is 3.23. The van der Waals surface area contributed by atoms with Crippen LogP contribution >= 0.6 is 0 Å². The number of hydrogen-bond acceptors (Lipinski definition) is 4. The monoisotopic (exact) mass is 372 g/mol. The zero-order valence-electron chi connectivity index (χ0n) is 16.9. The number of carbonyl (C=O) groups excluding carboxylic acids is 2. The van der Waals surface area contributed by atoms with E-state index in [9.17, 15) is 9.59 Å². The van der Waals surface area contributed by atoms with Crippen molar-refractivity contribution >= 4 is 18.5 Å². The number of likely N-dealkylation sites (tertiary alicyclic amines) is 2. The Morgan fingerprint density at radius 2 is 2.07 bits per heavy atom. The summed E-state index contributed by atoms with van der Waals surface area (Å²) < 4.78 is 0. The van der Waals surface area contributed by atoms with Gasteiger partial charge in [0.05, 0.1) is 6.04 Å². The Morgan fingerprint density at radius 3 is 2.74 bits per heavy atom. The van der Waals surface area contributed by atoms with Crippen LogP contribution in [0.4, 0.5) is 0 Å². The molecule has 6 heteroatoms. The van der Waals surface area contributed by atoms with Gasteiger partial charge in [-0.3, -0.25) is 9.59 Å². The highest BCUT2D eigenvalue weighted by Gasteiger charge is 2.35. The van der Waals surface area contributed by atoms with Crippen molar-refractivity contribution in [2.75, 3.05) is 19.6 Å². The zero-order chi connectivity index (χ0) is 19.6. The maximum absolute atomic E-state index is 12.9. The van der Waals surface area contributed by atoms with E-state index in [0.717, 1.165) is 62.2 Å². The average molecular weight is 373 g/mol. The second kappa shape index (κ2) is 7.87. The second-order valence-corrected chi connectivity index (χ2v) is 8.61. The first-order valence-corrected chi connectivity index (χ1v) is 10.1. The first kappa shape index (κ1) is 19.6. The molecule has 3 rings (SSSR count). The van der Waals surface area contributed by atoms with Crippen LogP contribution in [0.1, 0.15) is 59.3 Å². The van der Waals surface area contributed by atoms with Crippen molar-refractivity contribution in [3.05, 3.63) is 23.0 Å². The number of aliphatic imine (C=N–C) groups is 1.